The van der Waals surface area contributed by atoms with Crippen LogP contribution in [0.15, 0.2) is 22.8 Å². The van der Waals surface area contributed by atoms with Gasteiger partial charge in [0.15, 0.2) is 5.76 Å². The molecule has 0 aliphatic rings. The number of furan rings is 1. The van der Waals surface area contributed by atoms with Gasteiger partial charge in [0.1, 0.15) is 0 Å². The van der Waals surface area contributed by atoms with Gasteiger partial charge in [-0.1, -0.05) is 13.8 Å². The third-order valence-corrected chi connectivity index (χ3v) is 2.75. The highest BCUT2D eigenvalue weighted by molar-refractivity contribution is 5.91. The van der Waals surface area contributed by atoms with Crippen LogP contribution in [0.4, 0.5) is 0 Å². The summed E-state index contributed by atoms with van der Waals surface area (Å²) in [6, 6.07) is 3.65. The molecule has 0 spiro atoms. The minimum atomic E-state index is -0.0656. The van der Waals surface area contributed by atoms with Crippen molar-refractivity contribution in [2.75, 3.05) is 13.1 Å². The molecule has 0 aromatic carbocycles. The largest absolute Gasteiger partial charge is 0.459 e. The first kappa shape index (κ1) is 12.8. The van der Waals surface area contributed by atoms with Crippen LogP contribution in [0, 0.1) is 0 Å². The van der Waals surface area contributed by atoms with Crippen molar-refractivity contribution in [1.29, 1.82) is 0 Å². The third kappa shape index (κ3) is 2.85. The van der Waals surface area contributed by atoms with E-state index >= 15 is 0 Å². The van der Waals surface area contributed by atoms with E-state index in [0.29, 0.717) is 18.8 Å². The van der Waals surface area contributed by atoms with Crippen LogP contribution < -0.4 is 5.73 Å². The zero-order valence-corrected chi connectivity index (χ0v) is 9.98. The molecular weight excluding hydrogens is 204 g/mol. The maximum atomic E-state index is 12.1. The molecule has 0 atom stereocenters. The molecule has 1 aromatic heterocycles. The highest BCUT2D eigenvalue weighted by Crippen LogP contribution is 2.13. The van der Waals surface area contributed by atoms with Crippen molar-refractivity contribution < 1.29 is 9.21 Å². The standard InChI is InChI=1S/C12H20N2O2/c1-3-10(4-2)14(8-7-13)12(15)11-6-5-9-16-11/h5-6,9-10H,3-4,7-8,13H2,1-2H3. The van der Waals surface area contributed by atoms with Gasteiger partial charge in [-0.2, -0.15) is 0 Å². The number of rotatable bonds is 6. The number of hydrogen-bond donors (Lipinski definition) is 1. The molecule has 0 fully saturated rings. The lowest BCUT2D eigenvalue weighted by atomic mass is 10.1. The molecule has 2 N–H and O–H groups in total. The molecule has 4 heteroatoms. The molecule has 0 saturated heterocycles. The average molecular weight is 224 g/mol. The van der Waals surface area contributed by atoms with E-state index in [9.17, 15) is 4.79 Å². The van der Waals surface area contributed by atoms with Gasteiger partial charge in [0.25, 0.3) is 5.91 Å². The molecule has 0 aliphatic heterocycles. The molecule has 0 aliphatic carbocycles. The Morgan fingerprint density at radius 1 is 1.50 bits per heavy atom. The molecule has 1 heterocycles. The van der Waals surface area contributed by atoms with Crippen LogP contribution in [0.2, 0.25) is 0 Å². The van der Waals surface area contributed by atoms with E-state index in [1.165, 1.54) is 6.26 Å². The summed E-state index contributed by atoms with van der Waals surface area (Å²) in [5, 5.41) is 0. The number of amides is 1. The maximum Gasteiger partial charge on any atom is 0.289 e. The molecule has 1 aromatic rings. The summed E-state index contributed by atoms with van der Waals surface area (Å²) in [6.07, 6.45) is 3.38. The number of hydrogen-bond acceptors (Lipinski definition) is 3. The van der Waals surface area contributed by atoms with Gasteiger partial charge in [0.05, 0.1) is 6.26 Å². The summed E-state index contributed by atoms with van der Waals surface area (Å²) in [6.45, 7) is 5.20. The molecule has 0 radical (unpaired) electrons. The zero-order valence-electron chi connectivity index (χ0n) is 9.98. The zero-order chi connectivity index (χ0) is 12.0. The first-order chi connectivity index (χ1) is 7.74. The highest BCUT2D eigenvalue weighted by Gasteiger charge is 2.23. The van der Waals surface area contributed by atoms with Gasteiger partial charge >= 0.3 is 0 Å². The third-order valence-electron chi connectivity index (χ3n) is 2.75. The second-order valence-electron chi connectivity index (χ2n) is 3.73. The highest BCUT2D eigenvalue weighted by atomic mass is 16.3. The monoisotopic (exact) mass is 224 g/mol. The number of carbonyl (C=O) groups is 1. The van der Waals surface area contributed by atoms with Crippen molar-refractivity contribution in [2.24, 2.45) is 5.73 Å². The van der Waals surface area contributed by atoms with Gasteiger partial charge in [-0.15, -0.1) is 0 Å². The fourth-order valence-corrected chi connectivity index (χ4v) is 1.86. The summed E-state index contributed by atoms with van der Waals surface area (Å²) in [7, 11) is 0. The van der Waals surface area contributed by atoms with Crippen LogP contribution in [-0.4, -0.2) is 29.9 Å². The van der Waals surface area contributed by atoms with Crippen LogP contribution in [0.25, 0.3) is 0 Å². The van der Waals surface area contributed by atoms with Gasteiger partial charge < -0.3 is 15.1 Å². The first-order valence-electron chi connectivity index (χ1n) is 5.79. The van der Waals surface area contributed by atoms with Crippen LogP contribution in [0.5, 0.6) is 0 Å². The van der Waals surface area contributed by atoms with Gasteiger partial charge in [0.2, 0.25) is 0 Å². The summed E-state index contributed by atoms with van der Waals surface area (Å²) in [5.41, 5.74) is 5.54. The summed E-state index contributed by atoms with van der Waals surface area (Å²) < 4.78 is 5.13. The molecule has 1 amide bonds. The minimum absolute atomic E-state index is 0.0656. The van der Waals surface area contributed by atoms with Crippen molar-refractivity contribution >= 4 is 5.91 Å². The van der Waals surface area contributed by atoms with Gasteiger partial charge in [-0.05, 0) is 25.0 Å². The Morgan fingerprint density at radius 3 is 2.62 bits per heavy atom. The van der Waals surface area contributed by atoms with E-state index in [-0.39, 0.29) is 11.9 Å². The molecule has 0 saturated carbocycles. The molecule has 1 rings (SSSR count). The Morgan fingerprint density at radius 2 is 2.19 bits per heavy atom. The van der Waals surface area contributed by atoms with Crippen LogP contribution in [0.3, 0.4) is 0 Å². The summed E-state index contributed by atoms with van der Waals surface area (Å²) in [4.78, 5) is 13.9. The summed E-state index contributed by atoms with van der Waals surface area (Å²) in [5.74, 6) is 0.324. The average Bonchev–Trinajstić information content (AvgIpc) is 2.82. The Kier molecular flexibility index (Phi) is 5.05. The van der Waals surface area contributed by atoms with Gasteiger partial charge in [0, 0.05) is 19.1 Å². The van der Waals surface area contributed by atoms with Gasteiger partial charge in [-0.3, -0.25) is 4.79 Å². The van der Waals surface area contributed by atoms with E-state index in [1.54, 1.807) is 17.0 Å². The van der Waals surface area contributed by atoms with Gasteiger partial charge in [-0.25, -0.2) is 0 Å². The number of carbonyl (C=O) groups excluding carboxylic acids is 1. The Balaban J connectivity index is 2.80. The van der Waals surface area contributed by atoms with Crippen molar-refractivity contribution in [1.82, 2.24) is 4.90 Å². The van der Waals surface area contributed by atoms with Crippen molar-refractivity contribution in [3.8, 4) is 0 Å². The van der Waals surface area contributed by atoms with Crippen molar-refractivity contribution in [3.63, 3.8) is 0 Å². The molecular formula is C12H20N2O2. The fourth-order valence-electron chi connectivity index (χ4n) is 1.86. The van der Waals surface area contributed by atoms with E-state index < -0.39 is 0 Å². The van der Waals surface area contributed by atoms with Crippen LogP contribution in [-0.2, 0) is 0 Å². The predicted molar refractivity (Wildman–Crippen MR) is 63.2 cm³/mol. The molecule has 90 valence electrons. The lowest BCUT2D eigenvalue weighted by Gasteiger charge is -2.29. The van der Waals surface area contributed by atoms with Crippen LogP contribution in [0.1, 0.15) is 37.2 Å². The van der Waals surface area contributed by atoms with E-state index in [1.807, 2.05) is 0 Å². The molecule has 0 bridgehead atoms. The summed E-state index contributed by atoms with van der Waals surface area (Å²) >= 11 is 0. The number of nitrogens with zero attached hydrogens (tertiary/aromatic N) is 1. The lowest BCUT2D eigenvalue weighted by Crippen LogP contribution is -2.42. The lowest BCUT2D eigenvalue weighted by molar-refractivity contribution is 0.0641. The SMILES string of the molecule is CCC(CC)N(CCN)C(=O)c1ccco1. The fraction of sp³-hybridized carbons (Fsp3) is 0.583. The molecule has 16 heavy (non-hydrogen) atoms. The van der Waals surface area contributed by atoms with Crippen molar-refractivity contribution in [3.05, 3.63) is 24.2 Å². The predicted octanol–water partition coefficient (Wildman–Crippen LogP) is 1.87. The van der Waals surface area contributed by atoms with Crippen molar-refractivity contribution in [2.45, 2.75) is 32.7 Å². The molecule has 0 unspecified atom stereocenters. The Labute approximate surface area is 96.4 Å². The maximum absolute atomic E-state index is 12.1. The second-order valence-corrected chi connectivity index (χ2v) is 3.73. The van der Waals surface area contributed by atoms with Crippen LogP contribution >= 0.6 is 0 Å². The Bertz CT molecular complexity index is 305. The topological polar surface area (TPSA) is 59.5 Å². The Hall–Kier alpha value is -1.29. The minimum Gasteiger partial charge on any atom is -0.459 e. The quantitative estimate of drug-likeness (QED) is 0.802. The smallest absolute Gasteiger partial charge is 0.289 e. The van der Waals surface area contributed by atoms with E-state index in [2.05, 4.69) is 13.8 Å². The second kappa shape index (κ2) is 6.33. The first-order valence-corrected chi connectivity index (χ1v) is 5.79. The number of nitrogens with two attached hydrogens (primary N) is 1. The molecule has 4 nitrogen and oxygen atoms in total. The van der Waals surface area contributed by atoms with E-state index in [4.69, 9.17) is 10.2 Å². The normalized spacial score (nSPS) is 10.8. The van der Waals surface area contributed by atoms with E-state index in [0.717, 1.165) is 12.8 Å².